The van der Waals surface area contributed by atoms with Gasteiger partial charge in [-0.1, -0.05) is 25.1 Å². The molecule has 180 valence electrons. The maximum absolute atomic E-state index is 12.9. The minimum Gasteiger partial charge on any atom is -0.496 e. The zero-order valence-corrected chi connectivity index (χ0v) is 20.3. The molecule has 3 N–H and O–H groups in total. The molecule has 9 nitrogen and oxygen atoms in total. The average Bonchev–Trinajstić information content (AvgIpc) is 3.28. The second-order valence-electron chi connectivity index (χ2n) is 7.50. The second kappa shape index (κ2) is 11.2. The third-order valence-electron chi connectivity index (χ3n) is 5.00. The Kier molecular flexibility index (Phi) is 8.37. The molecule has 1 heterocycles. The summed E-state index contributed by atoms with van der Waals surface area (Å²) < 4.78 is 38.1. The Labute approximate surface area is 202 Å². The predicted molar refractivity (Wildman–Crippen MR) is 130 cm³/mol. The summed E-state index contributed by atoms with van der Waals surface area (Å²) in [4.78, 5) is 28.6. The lowest BCUT2D eigenvalue weighted by atomic mass is 10.0. The Morgan fingerprint density at radius 2 is 1.91 bits per heavy atom. The van der Waals surface area contributed by atoms with Crippen LogP contribution in [-0.2, 0) is 34.4 Å². The number of hydrogen-bond acceptors (Lipinski definition) is 7. The minimum atomic E-state index is -4.36. The van der Waals surface area contributed by atoms with Gasteiger partial charge in [-0.3, -0.25) is 18.9 Å². The molecular weight excluding hydrogens is 478 g/mol. The van der Waals surface area contributed by atoms with E-state index in [1.54, 1.807) is 30.3 Å². The van der Waals surface area contributed by atoms with E-state index in [1.165, 1.54) is 30.6 Å². The maximum Gasteiger partial charge on any atom is 0.357 e. The highest BCUT2D eigenvalue weighted by Crippen LogP contribution is 2.24. The molecule has 1 atom stereocenters. The van der Waals surface area contributed by atoms with Crippen molar-refractivity contribution >= 4 is 39.5 Å². The number of aldehydes is 1. The van der Waals surface area contributed by atoms with Gasteiger partial charge in [0.25, 0.3) is 0 Å². The van der Waals surface area contributed by atoms with Crippen LogP contribution >= 0.6 is 11.3 Å². The monoisotopic (exact) mass is 503 g/mol. The molecule has 0 radical (unpaired) electrons. The van der Waals surface area contributed by atoms with Crippen LogP contribution in [0.1, 0.15) is 45.2 Å². The number of anilines is 1. The van der Waals surface area contributed by atoms with Gasteiger partial charge in [0.1, 0.15) is 10.8 Å². The van der Waals surface area contributed by atoms with Gasteiger partial charge in [0.15, 0.2) is 6.29 Å². The van der Waals surface area contributed by atoms with Gasteiger partial charge >= 0.3 is 10.3 Å². The smallest absolute Gasteiger partial charge is 0.357 e. The number of nitrogens with zero attached hydrogens (tertiary/aromatic N) is 1. The molecule has 1 amide bonds. The maximum atomic E-state index is 12.9. The molecule has 11 heteroatoms. The normalized spacial score (nSPS) is 12.1. The van der Waals surface area contributed by atoms with E-state index in [0.29, 0.717) is 29.6 Å². The van der Waals surface area contributed by atoms with Crippen LogP contribution in [0.3, 0.4) is 0 Å². The van der Waals surface area contributed by atoms with Crippen LogP contribution in [0.4, 0.5) is 5.69 Å². The lowest BCUT2D eigenvalue weighted by Crippen LogP contribution is -2.31. The Bertz CT molecular complexity index is 1260. The first kappa shape index (κ1) is 25.3. The van der Waals surface area contributed by atoms with E-state index in [-0.39, 0.29) is 18.0 Å². The van der Waals surface area contributed by atoms with Gasteiger partial charge in [-0.2, -0.15) is 8.42 Å². The third-order valence-corrected chi connectivity index (χ3v) is 6.50. The number of carbonyl (C=O) groups excluding carboxylic acids is 2. The van der Waals surface area contributed by atoms with Crippen molar-refractivity contribution in [2.45, 2.75) is 32.2 Å². The van der Waals surface area contributed by atoms with E-state index in [9.17, 15) is 18.0 Å². The summed E-state index contributed by atoms with van der Waals surface area (Å²) in [6, 6.07) is 11.1. The fourth-order valence-electron chi connectivity index (χ4n) is 3.33. The number of benzene rings is 2. The molecule has 2 aromatic carbocycles. The molecule has 3 rings (SSSR count). The zero-order chi connectivity index (χ0) is 24.7. The number of thiazole rings is 1. The highest BCUT2D eigenvalue weighted by Gasteiger charge is 2.20. The highest BCUT2D eigenvalue weighted by atomic mass is 32.2. The Hall–Kier alpha value is -3.28. The van der Waals surface area contributed by atoms with Crippen molar-refractivity contribution in [1.29, 1.82) is 0 Å². The van der Waals surface area contributed by atoms with Crippen LogP contribution in [0.5, 0.6) is 5.75 Å². The molecule has 0 saturated carbocycles. The van der Waals surface area contributed by atoms with Gasteiger partial charge in [0.2, 0.25) is 5.91 Å². The molecule has 0 aliphatic rings. The molecule has 0 bridgehead atoms. The van der Waals surface area contributed by atoms with Crippen LogP contribution in [0, 0.1) is 0 Å². The summed E-state index contributed by atoms with van der Waals surface area (Å²) in [5.74, 6) is 0.187. The SMILES string of the molecule is CCc1csc([C@H](Cc2ccc(NS(=O)(=O)O)cc2)NC(=O)Cc2ccc(C=O)c(OC)c2)n1. The molecule has 3 aromatic rings. The first-order valence-electron chi connectivity index (χ1n) is 10.4. The summed E-state index contributed by atoms with van der Waals surface area (Å²) in [5.41, 5.74) is 3.11. The summed E-state index contributed by atoms with van der Waals surface area (Å²) in [6.07, 6.45) is 2.00. The summed E-state index contributed by atoms with van der Waals surface area (Å²) in [6.45, 7) is 2.00. The molecule has 0 fully saturated rings. The number of methoxy groups -OCH3 is 1. The summed E-state index contributed by atoms with van der Waals surface area (Å²) >= 11 is 1.46. The first-order valence-corrected chi connectivity index (χ1v) is 12.7. The fraction of sp³-hybridized carbons (Fsp3) is 0.261. The topological polar surface area (TPSA) is 135 Å². The number of ether oxygens (including phenoxy) is 1. The number of rotatable bonds is 11. The van der Waals surface area contributed by atoms with E-state index < -0.39 is 16.3 Å². The van der Waals surface area contributed by atoms with Crippen molar-refractivity contribution in [3.05, 3.63) is 75.2 Å². The lowest BCUT2D eigenvalue weighted by Gasteiger charge is -2.17. The van der Waals surface area contributed by atoms with Crippen LogP contribution in [0.15, 0.2) is 47.8 Å². The average molecular weight is 504 g/mol. The predicted octanol–water partition coefficient (Wildman–Crippen LogP) is 3.38. The molecule has 34 heavy (non-hydrogen) atoms. The van der Waals surface area contributed by atoms with Crippen LogP contribution < -0.4 is 14.8 Å². The molecule has 0 saturated heterocycles. The standard InChI is InChI=1S/C23H25N3O6S2/c1-3-18-14-33-23(24-18)20(10-15-5-8-19(9-6-15)26-34(29,30)31)25-22(28)12-16-4-7-17(13-27)21(11-16)32-2/h4-9,11,13-14,20,26H,3,10,12H2,1-2H3,(H,25,28)(H,29,30,31)/t20-/m0/s1. The lowest BCUT2D eigenvalue weighted by molar-refractivity contribution is -0.121. The molecular formula is C23H25N3O6S2. The number of amides is 1. The van der Waals surface area contributed by atoms with E-state index in [2.05, 4.69) is 10.3 Å². The molecule has 0 spiro atoms. The zero-order valence-electron chi connectivity index (χ0n) is 18.6. The van der Waals surface area contributed by atoms with E-state index in [4.69, 9.17) is 9.29 Å². The van der Waals surface area contributed by atoms with Crippen LogP contribution in [0.25, 0.3) is 0 Å². The van der Waals surface area contributed by atoms with Gasteiger partial charge in [-0.15, -0.1) is 11.3 Å². The van der Waals surface area contributed by atoms with Gasteiger partial charge in [0, 0.05) is 5.38 Å². The quantitative estimate of drug-likeness (QED) is 0.270. The Morgan fingerprint density at radius 1 is 1.21 bits per heavy atom. The van der Waals surface area contributed by atoms with Gasteiger partial charge in [0.05, 0.1) is 36.5 Å². The van der Waals surface area contributed by atoms with E-state index >= 15 is 0 Å². The molecule has 0 unspecified atom stereocenters. The summed E-state index contributed by atoms with van der Waals surface area (Å²) in [5, 5.41) is 5.75. The number of carbonyl (C=O) groups is 2. The number of aryl methyl sites for hydroxylation is 1. The third kappa shape index (κ3) is 7.11. The number of hydrogen-bond donors (Lipinski definition) is 3. The Morgan fingerprint density at radius 3 is 2.50 bits per heavy atom. The second-order valence-corrected chi connectivity index (χ2v) is 9.54. The molecule has 0 aliphatic carbocycles. The Balaban J connectivity index is 1.77. The van der Waals surface area contributed by atoms with Gasteiger partial charge in [-0.05, 0) is 48.2 Å². The van der Waals surface area contributed by atoms with Crippen molar-refractivity contribution in [1.82, 2.24) is 10.3 Å². The van der Waals surface area contributed by atoms with Crippen molar-refractivity contribution in [3.63, 3.8) is 0 Å². The molecule has 1 aromatic heterocycles. The van der Waals surface area contributed by atoms with Gasteiger partial charge < -0.3 is 10.1 Å². The van der Waals surface area contributed by atoms with Crippen molar-refractivity contribution in [3.8, 4) is 5.75 Å². The van der Waals surface area contributed by atoms with Gasteiger partial charge in [-0.25, -0.2) is 4.98 Å². The first-order chi connectivity index (χ1) is 16.2. The van der Waals surface area contributed by atoms with Crippen molar-refractivity contribution in [2.24, 2.45) is 0 Å². The van der Waals surface area contributed by atoms with Crippen molar-refractivity contribution in [2.75, 3.05) is 11.8 Å². The van der Waals surface area contributed by atoms with E-state index in [0.717, 1.165) is 22.7 Å². The fourth-order valence-corrected chi connectivity index (χ4v) is 4.72. The van der Waals surface area contributed by atoms with E-state index in [1.807, 2.05) is 17.0 Å². The van der Waals surface area contributed by atoms with Crippen LogP contribution in [0.2, 0.25) is 0 Å². The largest absolute Gasteiger partial charge is 0.496 e. The van der Waals surface area contributed by atoms with Crippen molar-refractivity contribution < 1.29 is 27.3 Å². The number of nitrogens with one attached hydrogen (secondary N) is 2. The molecule has 0 aliphatic heterocycles. The number of aromatic nitrogens is 1. The van der Waals surface area contributed by atoms with Crippen LogP contribution in [-0.4, -0.2) is 37.3 Å². The minimum absolute atomic E-state index is 0.0925. The summed E-state index contributed by atoms with van der Waals surface area (Å²) in [7, 11) is -2.89. The highest BCUT2D eigenvalue weighted by molar-refractivity contribution is 7.87.